The number of ether oxygens (including phenoxy) is 1. The summed E-state index contributed by atoms with van der Waals surface area (Å²) in [5.74, 6) is -0.784. The molecular weight excluding hydrogens is 318 g/mol. The molecule has 2 aromatic carbocycles. The van der Waals surface area contributed by atoms with Crippen molar-refractivity contribution in [1.82, 2.24) is 0 Å². The molecule has 0 bridgehead atoms. The number of hydrogen-bond donors (Lipinski definition) is 1. The second kappa shape index (κ2) is 6.97. The molecule has 0 saturated carbocycles. The molecule has 1 amide bonds. The van der Waals surface area contributed by atoms with Crippen LogP contribution < -0.4 is 9.64 Å². The maximum Gasteiger partial charge on any atom is 0.310 e. The van der Waals surface area contributed by atoms with Crippen LogP contribution in [0, 0.1) is 0 Å². The van der Waals surface area contributed by atoms with Crippen molar-refractivity contribution in [2.24, 2.45) is 0 Å². The molecule has 2 aromatic rings. The van der Waals surface area contributed by atoms with Gasteiger partial charge < -0.3 is 14.7 Å². The fourth-order valence-electron chi connectivity index (χ4n) is 2.88. The van der Waals surface area contributed by atoms with Crippen LogP contribution in [-0.4, -0.2) is 23.6 Å². The SMILES string of the molecule is CCCOc1ccc2c(c1)C(=O)N(c1ccc(C(C)C(=O)O)cc1)C2. The molecule has 1 unspecified atom stereocenters. The highest BCUT2D eigenvalue weighted by atomic mass is 16.5. The van der Waals surface area contributed by atoms with E-state index in [4.69, 9.17) is 9.84 Å². The number of aliphatic carboxylic acids is 1. The molecule has 25 heavy (non-hydrogen) atoms. The molecule has 0 saturated heterocycles. The maximum absolute atomic E-state index is 12.7. The van der Waals surface area contributed by atoms with Gasteiger partial charge in [-0.3, -0.25) is 9.59 Å². The molecule has 0 aromatic heterocycles. The van der Waals surface area contributed by atoms with Gasteiger partial charge >= 0.3 is 5.97 Å². The second-order valence-electron chi connectivity index (χ2n) is 6.21. The summed E-state index contributed by atoms with van der Waals surface area (Å²) in [5.41, 5.74) is 3.11. The standard InChI is InChI=1S/C20H21NO4/c1-3-10-25-17-9-6-15-12-21(19(22)18(15)11-17)16-7-4-14(5-8-16)13(2)20(23)24/h4-9,11,13H,3,10,12H2,1-2H3,(H,23,24). The van der Waals surface area contributed by atoms with Gasteiger partial charge in [0, 0.05) is 11.3 Å². The number of rotatable bonds is 6. The number of hydrogen-bond acceptors (Lipinski definition) is 3. The Morgan fingerprint density at radius 3 is 2.60 bits per heavy atom. The zero-order valence-electron chi connectivity index (χ0n) is 14.4. The lowest BCUT2D eigenvalue weighted by Crippen LogP contribution is -2.23. The van der Waals surface area contributed by atoms with Crippen LogP contribution in [0.25, 0.3) is 0 Å². The zero-order chi connectivity index (χ0) is 18.0. The number of carboxylic acids is 1. The van der Waals surface area contributed by atoms with Gasteiger partial charge in [0.2, 0.25) is 0 Å². The van der Waals surface area contributed by atoms with Gasteiger partial charge in [0.1, 0.15) is 5.75 Å². The van der Waals surface area contributed by atoms with Crippen molar-refractivity contribution in [3.63, 3.8) is 0 Å². The molecule has 3 rings (SSSR count). The first-order chi connectivity index (χ1) is 12.0. The van der Waals surface area contributed by atoms with Crippen LogP contribution in [0.1, 0.15) is 47.7 Å². The third-order valence-corrected chi connectivity index (χ3v) is 4.43. The average molecular weight is 339 g/mol. The van der Waals surface area contributed by atoms with E-state index < -0.39 is 11.9 Å². The third kappa shape index (κ3) is 3.36. The van der Waals surface area contributed by atoms with Gasteiger partial charge in [-0.1, -0.05) is 25.1 Å². The Labute approximate surface area is 146 Å². The molecule has 0 spiro atoms. The fraction of sp³-hybridized carbons (Fsp3) is 0.300. The highest BCUT2D eigenvalue weighted by Crippen LogP contribution is 2.31. The van der Waals surface area contributed by atoms with Crippen molar-refractivity contribution in [3.05, 3.63) is 59.2 Å². The summed E-state index contributed by atoms with van der Waals surface area (Å²) in [6.07, 6.45) is 0.915. The van der Waals surface area contributed by atoms with Gasteiger partial charge in [0.15, 0.2) is 0 Å². The predicted molar refractivity (Wildman–Crippen MR) is 95.2 cm³/mol. The first-order valence-electron chi connectivity index (χ1n) is 8.41. The van der Waals surface area contributed by atoms with Crippen molar-refractivity contribution < 1.29 is 19.4 Å². The fourth-order valence-corrected chi connectivity index (χ4v) is 2.88. The molecule has 1 aliphatic rings. The van der Waals surface area contributed by atoms with Crippen LogP contribution in [0.2, 0.25) is 0 Å². The molecule has 0 aliphatic carbocycles. The van der Waals surface area contributed by atoms with Gasteiger partial charge in [0.05, 0.1) is 19.1 Å². The number of nitrogens with zero attached hydrogens (tertiary/aromatic N) is 1. The van der Waals surface area contributed by atoms with Gasteiger partial charge in [-0.25, -0.2) is 0 Å². The summed E-state index contributed by atoms with van der Waals surface area (Å²) < 4.78 is 5.61. The predicted octanol–water partition coefficient (Wildman–Crippen LogP) is 3.82. The largest absolute Gasteiger partial charge is 0.494 e. The van der Waals surface area contributed by atoms with Crippen molar-refractivity contribution in [1.29, 1.82) is 0 Å². The van der Waals surface area contributed by atoms with Gasteiger partial charge in [-0.2, -0.15) is 0 Å². The minimum atomic E-state index is -0.864. The monoisotopic (exact) mass is 339 g/mol. The minimum Gasteiger partial charge on any atom is -0.494 e. The Kier molecular flexibility index (Phi) is 4.74. The number of benzene rings is 2. The summed E-state index contributed by atoms with van der Waals surface area (Å²) in [4.78, 5) is 25.5. The van der Waals surface area contributed by atoms with E-state index in [1.807, 2.05) is 19.1 Å². The molecule has 130 valence electrons. The van der Waals surface area contributed by atoms with Gasteiger partial charge in [0.25, 0.3) is 5.91 Å². The zero-order valence-corrected chi connectivity index (χ0v) is 14.4. The van der Waals surface area contributed by atoms with Crippen LogP contribution in [-0.2, 0) is 11.3 Å². The van der Waals surface area contributed by atoms with Crippen molar-refractivity contribution in [2.45, 2.75) is 32.7 Å². The van der Waals surface area contributed by atoms with Crippen molar-refractivity contribution in [2.75, 3.05) is 11.5 Å². The molecule has 0 fully saturated rings. The van der Waals surface area contributed by atoms with Crippen LogP contribution >= 0.6 is 0 Å². The minimum absolute atomic E-state index is 0.0593. The first-order valence-corrected chi connectivity index (χ1v) is 8.41. The number of carbonyl (C=O) groups excluding carboxylic acids is 1. The Morgan fingerprint density at radius 1 is 1.24 bits per heavy atom. The Morgan fingerprint density at radius 2 is 1.96 bits per heavy atom. The molecule has 5 heteroatoms. The second-order valence-corrected chi connectivity index (χ2v) is 6.21. The quantitative estimate of drug-likeness (QED) is 0.869. The van der Waals surface area contributed by atoms with E-state index >= 15 is 0 Å². The molecule has 5 nitrogen and oxygen atoms in total. The Bertz CT molecular complexity index is 798. The molecule has 1 atom stereocenters. The van der Waals surface area contributed by atoms with E-state index in [9.17, 15) is 9.59 Å². The van der Waals surface area contributed by atoms with Crippen molar-refractivity contribution in [3.8, 4) is 5.75 Å². The average Bonchev–Trinajstić information content (AvgIpc) is 2.95. The van der Waals surface area contributed by atoms with Crippen LogP contribution in [0.4, 0.5) is 5.69 Å². The third-order valence-electron chi connectivity index (χ3n) is 4.43. The number of carboxylic acid groups (broad SMARTS) is 1. The van der Waals surface area contributed by atoms with Crippen LogP contribution in [0.15, 0.2) is 42.5 Å². The molecule has 0 radical (unpaired) electrons. The van der Waals surface area contributed by atoms with Gasteiger partial charge in [-0.15, -0.1) is 0 Å². The lowest BCUT2D eigenvalue weighted by Gasteiger charge is -2.16. The van der Waals surface area contributed by atoms with E-state index in [-0.39, 0.29) is 5.91 Å². The highest BCUT2D eigenvalue weighted by molar-refractivity contribution is 6.10. The van der Waals surface area contributed by atoms with E-state index in [2.05, 4.69) is 0 Å². The van der Waals surface area contributed by atoms with E-state index in [1.165, 1.54) is 0 Å². The topological polar surface area (TPSA) is 66.8 Å². The number of anilines is 1. The first kappa shape index (κ1) is 17.0. The summed E-state index contributed by atoms with van der Waals surface area (Å²) in [5, 5.41) is 9.09. The number of fused-ring (bicyclic) bond motifs is 1. The highest BCUT2D eigenvalue weighted by Gasteiger charge is 2.29. The molecule has 1 N–H and O–H groups in total. The van der Waals surface area contributed by atoms with Crippen LogP contribution in [0.5, 0.6) is 5.75 Å². The maximum atomic E-state index is 12.7. The van der Waals surface area contributed by atoms with Gasteiger partial charge in [-0.05, 0) is 48.7 Å². The lowest BCUT2D eigenvalue weighted by atomic mass is 10.0. The Hall–Kier alpha value is -2.82. The number of carbonyl (C=O) groups is 2. The summed E-state index contributed by atoms with van der Waals surface area (Å²) in [7, 11) is 0. The van der Waals surface area contributed by atoms with E-state index in [0.717, 1.165) is 23.2 Å². The summed E-state index contributed by atoms with van der Waals surface area (Å²) in [6.45, 7) is 4.82. The van der Waals surface area contributed by atoms with E-state index in [1.54, 1.807) is 42.2 Å². The summed E-state index contributed by atoms with van der Waals surface area (Å²) in [6, 6.07) is 12.7. The number of amides is 1. The van der Waals surface area contributed by atoms with Crippen molar-refractivity contribution >= 4 is 17.6 Å². The molecule has 1 aliphatic heterocycles. The van der Waals surface area contributed by atoms with E-state index in [0.29, 0.717) is 24.5 Å². The Balaban J connectivity index is 1.80. The van der Waals surface area contributed by atoms with Crippen LogP contribution in [0.3, 0.4) is 0 Å². The summed E-state index contributed by atoms with van der Waals surface area (Å²) >= 11 is 0. The molecule has 1 heterocycles. The molecular formula is C20H21NO4. The smallest absolute Gasteiger partial charge is 0.310 e. The lowest BCUT2D eigenvalue weighted by molar-refractivity contribution is -0.138. The normalized spacial score (nSPS) is 14.3.